The molecule has 4 heteroatoms. The fourth-order valence-corrected chi connectivity index (χ4v) is 3.49. The van der Waals surface area contributed by atoms with Crippen molar-refractivity contribution in [2.75, 3.05) is 19.7 Å². The molecule has 1 fully saturated rings. The number of hydrogen-bond acceptors (Lipinski definition) is 3. The summed E-state index contributed by atoms with van der Waals surface area (Å²) in [6.07, 6.45) is 2.81. The maximum absolute atomic E-state index is 13.5. The van der Waals surface area contributed by atoms with E-state index in [2.05, 4.69) is 24.4 Å². The normalized spacial score (nSPS) is 23.1. The number of halogens is 1. The second-order valence-corrected chi connectivity index (χ2v) is 6.84. The zero-order valence-electron chi connectivity index (χ0n) is 15.4. The number of rotatable bonds is 8. The molecule has 26 heavy (non-hydrogen) atoms. The van der Waals surface area contributed by atoms with Crippen molar-refractivity contribution in [2.24, 2.45) is 0 Å². The molecule has 140 valence electrons. The van der Waals surface area contributed by atoms with Crippen molar-refractivity contribution in [1.82, 2.24) is 5.32 Å². The van der Waals surface area contributed by atoms with Gasteiger partial charge in [0.05, 0.1) is 6.61 Å². The van der Waals surface area contributed by atoms with Gasteiger partial charge in [-0.2, -0.15) is 0 Å². The van der Waals surface area contributed by atoms with E-state index < -0.39 is 5.60 Å². The lowest BCUT2D eigenvalue weighted by molar-refractivity contribution is -0.172. The zero-order valence-corrected chi connectivity index (χ0v) is 15.4. The molecule has 2 unspecified atom stereocenters. The van der Waals surface area contributed by atoms with Gasteiger partial charge < -0.3 is 14.8 Å². The number of benzene rings is 2. The van der Waals surface area contributed by atoms with Gasteiger partial charge in [0, 0.05) is 13.2 Å². The molecule has 1 aliphatic heterocycles. The third-order valence-electron chi connectivity index (χ3n) is 5.01. The van der Waals surface area contributed by atoms with Crippen LogP contribution in [-0.2, 0) is 21.7 Å². The molecule has 1 N–H and O–H groups in total. The Morgan fingerprint density at radius 1 is 1.12 bits per heavy atom. The van der Waals surface area contributed by atoms with E-state index in [1.165, 1.54) is 12.1 Å². The molecule has 0 aliphatic carbocycles. The molecule has 2 atom stereocenters. The van der Waals surface area contributed by atoms with Gasteiger partial charge in [0.1, 0.15) is 17.5 Å². The Balaban J connectivity index is 1.86. The lowest BCUT2D eigenvalue weighted by atomic mass is 9.82. The number of unbranched alkanes of at least 4 members (excludes halogenated alkanes) is 1. The first kappa shape index (κ1) is 19.0. The summed E-state index contributed by atoms with van der Waals surface area (Å²) in [5.74, 6) is -0.232. The molecular weight excluding hydrogens is 329 g/mol. The molecule has 3 nitrogen and oxygen atoms in total. The summed E-state index contributed by atoms with van der Waals surface area (Å²) in [5.41, 5.74) is 1.54. The SMILES string of the molecule is CCCCOC1CNCCC1(OCc1ccccc1)c1ccc(F)cc1. The highest BCUT2D eigenvalue weighted by molar-refractivity contribution is 5.27. The van der Waals surface area contributed by atoms with Crippen molar-refractivity contribution in [2.45, 2.75) is 44.5 Å². The molecule has 2 aromatic carbocycles. The Morgan fingerprint density at radius 3 is 2.62 bits per heavy atom. The third kappa shape index (κ3) is 4.50. The summed E-state index contributed by atoms with van der Waals surface area (Å²) in [7, 11) is 0. The molecule has 0 bridgehead atoms. The molecule has 0 radical (unpaired) electrons. The van der Waals surface area contributed by atoms with Crippen LogP contribution in [0.25, 0.3) is 0 Å². The Morgan fingerprint density at radius 2 is 1.88 bits per heavy atom. The van der Waals surface area contributed by atoms with Crippen molar-refractivity contribution < 1.29 is 13.9 Å². The molecular formula is C22H28FNO2. The zero-order chi connectivity index (χ0) is 18.2. The monoisotopic (exact) mass is 357 g/mol. The van der Waals surface area contributed by atoms with Crippen LogP contribution in [0.5, 0.6) is 0 Å². The molecule has 0 amide bonds. The largest absolute Gasteiger partial charge is 0.374 e. The first-order valence-corrected chi connectivity index (χ1v) is 9.51. The molecule has 1 heterocycles. The van der Waals surface area contributed by atoms with E-state index in [-0.39, 0.29) is 11.9 Å². The second-order valence-electron chi connectivity index (χ2n) is 6.84. The first-order chi connectivity index (χ1) is 12.7. The minimum Gasteiger partial charge on any atom is -0.374 e. The van der Waals surface area contributed by atoms with E-state index in [0.29, 0.717) is 13.2 Å². The van der Waals surface area contributed by atoms with E-state index in [1.54, 1.807) is 0 Å². The van der Waals surface area contributed by atoms with E-state index in [0.717, 1.165) is 43.5 Å². The Hall–Kier alpha value is -1.75. The summed E-state index contributed by atoms with van der Waals surface area (Å²) in [6.45, 7) is 4.95. The van der Waals surface area contributed by atoms with Gasteiger partial charge in [-0.15, -0.1) is 0 Å². The highest BCUT2D eigenvalue weighted by atomic mass is 19.1. The predicted octanol–water partition coefficient (Wildman–Crippen LogP) is 4.42. The second kappa shape index (κ2) is 9.26. The summed E-state index contributed by atoms with van der Waals surface area (Å²) < 4.78 is 26.3. The van der Waals surface area contributed by atoms with Crippen LogP contribution in [-0.4, -0.2) is 25.8 Å². The maximum atomic E-state index is 13.5. The van der Waals surface area contributed by atoms with Crippen molar-refractivity contribution in [3.05, 3.63) is 71.5 Å². The molecule has 2 aromatic rings. The van der Waals surface area contributed by atoms with Gasteiger partial charge in [-0.3, -0.25) is 0 Å². The van der Waals surface area contributed by atoms with Crippen LogP contribution in [0, 0.1) is 5.82 Å². The van der Waals surface area contributed by atoms with Crippen molar-refractivity contribution >= 4 is 0 Å². The van der Waals surface area contributed by atoms with Gasteiger partial charge in [0.15, 0.2) is 0 Å². The summed E-state index contributed by atoms with van der Waals surface area (Å²) in [4.78, 5) is 0. The van der Waals surface area contributed by atoms with E-state index in [9.17, 15) is 4.39 Å². The average Bonchev–Trinajstić information content (AvgIpc) is 2.69. The minimum absolute atomic E-state index is 0.100. The van der Waals surface area contributed by atoms with Gasteiger partial charge in [0.25, 0.3) is 0 Å². The highest BCUT2D eigenvalue weighted by Gasteiger charge is 2.44. The number of ether oxygens (including phenoxy) is 2. The highest BCUT2D eigenvalue weighted by Crippen LogP contribution is 2.38. The third-order valence-corrected chi connectivity index (χ3v) is 5.01. The topological polar surface area (TPSA) is 30.5 Å². The van der Waals surface area contributed by atoms with E-state index in [1.807, 2.05) is 30.3 Å². The summed E-state index contributed by atoms with van der Waals surface area (Å²) in [5, 5.41) is 3.42. The molecule has 0 saturated carbocycles. The number of hydrogen-bond donors (Lipinski definition) is 1. The average molecular weight is 357 g/mol. The quantitative estimate of drug-likeness (QED) is 0.710. The Kier molecular flexibility index (Phi) is 6.78. The van der Waals surface area contributed by atoms with Crippen LogP contribution in [0.4, 0.5) is 4.39 Å². The maximum Gasteiger partial charge on any atom is 0.123 e. The predicted molar refractivity (Wildman–Crippen MR) is 101 cm³/mol. The first-order valence-electron chi connectivity index (χ1n) is 9.51. The van der Waals surface area contributed by atoms with Gasteiger partial charge in [-0.05, 0) is 42.6 Å². The van der Waals surface area contributed by atoms with Crippen molar-refractivity contribution in [1.29, 1.82) is 0 Å². The molecule has 1 saturated heterocycles. The number of piperidine rings is 1. The summed E-state index contributed by atoms with van der Waals surface area (Å²) >= 11 is 0. The fraction of sp³-hybridized carbons (Fsp3) is 0.455. The lowest BCUT2D eigenvalue weighted by Crippen LogP contribution is -2.54. The standard InChI is InChI=1S/C22H28FNO2/c1-2-3-15-25-21-16-24-14-13-22(21,19-9-11-20(23)12-10-19)26-17-18-7-5-4-6-8-18/h4-12,21,24H,2-3,13-17H2,1H3. The van der Waals surface area contributed by atoms with Crippen LogP contribution >= 0.6 is 0 Å². The van der Waals surface area contributed by atoms with Crippen LogP contribution in [0.3, 0.4) is 0 Å². The van der Waals surface area contributed by atoms with Crippen LogP contribution in [0.15, 0.2) is 54.6 Å². The Labute approximate surface area is 155 Å². The van der Waals surface area contributed by atoms with Crippen molar-refractivity contribution in [3.63, 3.8) is 0 Å². The smallest absolute Gasteiger partial charge is 0.123 e. The molecule has 0 spiro atoms. The minimum atomic E-state index is -0.567. The van der Waals surface area contributed by atoms with E-state index in [4.69, 9.17) is 9.47 Å². The molecule has 3 rings (SSSR count). The van der Waals surface area contributed by atoms with Crippen LogP contribution in [0.1, 0.15) is 37.3 Å². The van der Waals surface area contributed by atoms with Crippen LogP contribution < -0.4 is 5.32 Å². The van der Waals surface area contributed by atoms with E-state index >= 15 is 0 Å². The van der Waals surface area contributed by atoms with Gasteiger partial charge in [-0.25, -0.2) is 4.39 Å². The Bertz CT molecular complexity index is 662. The van der Waals surface area contributed by atoms with Gasteiger partial charge in [0.2, 0.25) is 0 Å². The molecule has 1 aliphatic rings. The summed E-state index contributed by atoms with van der Waals surface area (Å²) in [6, 6.07) is 16.8. The van der Waals surface area contributed by atoms with Crippen molar-refractivity contribution in [3.8, 4) is 0 Å². The van der Waals surface area contributed by atoms with Gasteiger partial charge in [-0.1, -0.05) is 55.8 Å². The fourth-order valence-electron chi connectivity index (χ4n) is 3.49. The lowest BCUT2D eigenvalue weighted by Gasteiger charge is -2.44. The van der Waals surface area contributed by atoms with Gasteiger partial charge >= 0.3 is 0 Å². The molecule has 0 aromatic heterocycles. The van der Waals surface area contributed by atoms with Crippen LogP contribution in [0.2, 0.25) is 0 Å². The number of nitrogens with one attached hydrogen (secondary N) is 1.